The summed E-state index contributed by atoms with van der Waals surface area (Å²) in [5.74, 6) is 0.154. The first-order valence-corrected chi connectivity index (χ1v) is 8.41. The van der Waals surface area contributed by atoms with Crippen LogP contribution in [0.25, 0.3) is 0 Å². The zero-order valence-corrected chi connectivity index (χ0v) is 13.8. The lowest BCUT2D eigenvalue weighted by atomic mass is 9.86. The van der Waals surface area contributed by atoms with Crippen LogP contribution in [0.3, 0.4) is 0 Å². The van der Waals surface area contributed by atoms with E-state index in [1.54, 1.807) is 0 Å². The highest BCUT2D eigenvalue weighted by Crippen LogP contribution is 2.33. The summed E-state index contributed by atoms with van der Waals surface area (Å²) in [6.45, 7) is 6.52. The number of aryl methyl sites for hydroxylation is 1. The average Bonchev–Trinajstić information content (AvgIpc) is 2.55. The van der Waals surface area contributed by atoms with E-state index >= 15 is 0 Å². The van der Waals surface area contributed by atoms with E-state index in [-0.39, 0.29) is 18.6 Å². The van der Waals surface area contributed by atoms with Gasteiger partial charge in [0.05, 0.1) is 13.2 Å². The third kappa shape index (κ3) is 3.87. The van der Waals surface area contributed by atoms with E-state index in [1.165, 1.54) is 11.1 Å². The van der Waals surface area contributed by atoms with Gasteiger partial charge < -0.3 is 10.0 Å². The molecule has 1 aromatic carbocycles. The third-order valence-electron chi connectivity index (χ3n) is 4.62. The summed E-state index contributed by atoms with van der Waals surface area (Å²) in [5, 5.41) is 9.41. The summed E-state index contributed by atoms with van der Waals surface area (Å²) in [7, 11) is 0. The number of hydrogen-bond acceptors (Lipinski definition) is 3. The van der Waals surface area contributed by atoms with Crippen molar-refractivity contribution in [1.29, 1.82) is 0 Å². The smallest absolute Gasteiger partial charge is 0.236 e. The van der Waals surface area contributed by atoms with Gasteiger partial charge in [0.15, 0.2) is 0 Å². The van der Waals surface area contributed by atoms with Crippen molar-refractivity contribution in [3.8, 4) is 0 Å². The molecule has 1 amide bonds. The standard InChI is InChI=1S/C18H28N2O2/c1-3-19(4-2)18(22)14-20(12-13-21)17-11-7-9-15-8-5-6-10-16(15)17/h5-6,8,10,17,21H,3-4,7,9,11-14H2,1-2H3. The lowest BCUT2D eigenvalue weighted by Crippen LogP contribution is -2.43. The molecule has 1 atom stereocenters. The fourth-order valence-electron chi connectivity index (χ4n) is 3.43. The molecule has 0 saturated carbocycles. The van der Waals surface area contributed by atoms with Gasteiger partial charge in [-0.1, -0.05) is 24.3 Å². The first-order valence-electron chi connectivity index (χ1n) is 8.41. The number of benzene rings is 1. The number of nitrogens with zero attached hydrogens (tertiary/aromatic N) is 2. The largest absolute Gasteiger partial charge is 0.395 e. The Hall–Kier alpha value is -1.39. The van der Waals surface area contributed by atoms with Crippen LogP contribution in [0.15, 0.2) is 24.3 Å². The molecule has 1 aromatic rings. The van der Waals surface area contributed by atoms with Crippen molar-refractivity contribution >= 4 is 5.91 Å². The van der Waals surface area contributed by atoms with Crippen molar-refractivity contribution in [2.24, 2.45) is 0 Å². The fraction of sp³-hybridized carbons (Fsp3) is 0.611. The first kappa shape index (κ1) is 17.0. The minimum absolute atomic E-state index is 0.0875. The molecule has 1 aliphatic rings. The summed E-state index contributed by atoms with van der Waals surface area (Å²) in [6.07, 6.45) is 3.31. The Morgan fingerprint density at radius 3 is 2.68 bits per heavy atom. The van der Waals surface area contributed by atoms with Crippen LogP contribution in [0.4, 0.5) is 0 Å². The van der Waals surface area contributed by atoms with E-state index in [1.807, 2.05) is 18.7 Å². The Kier molecular flexibility index (Phi) is 6.40. The minimum atomic E-state index is 0.0875. The van der Waals surface area contributed by atoms with E-state index in [2.05, 4.69) is 29.2 Å². The van der Waals surface area contributed by atoms with Gasteiger partial charge in [0.2, 0.25) is 5.91 Å². The molecular formula is C18H28N2O2. The molecule has 0 spiro atoms. The number of carbonyl (C=O) groups is 1. The van der Waals surface area contributed by atoms with Crippen LogP contribution in [0.2, 0.25) is 0 Å². The summed E-state index contributed by atoms with van der Waals surface area (Å²) in [5.41, 5.74) is 2.71. The Bertz CT molecular complexity index is 486. The molecule has 22 heavy (non-hydrogen) atoms. The molecule has 0 saturated heterocycles. The minimum Gasteiger partial charge on any atom is -0.395 e. The molecule has 1 unspecified atom stereocenters. The van der Waals surface area contributed by atoms with E-state index in [0.717, 1.165) is 32.4 Å². The Balaban J connectivity index is 2.16. The normalized spacial score (nSPS) is 17.4. The third-order valence-corrected chi connectivity index (χ3v) is 4.62. The topological polar surface area (TPSA) is 43.8 Å². The van der Waals surface area contributed by atoms with E-state index in [0.29, 0.717) is 13.1 Å². The summed E-state index contributed by atoms with van der Waals surface area (Å²) in [4.78, 5) is 16.5. The summed E-state index contributed by atoms with van der Waals surface area (Å²) >= 11 is 0. The highest BCUT2D eigenvalue weighted by Gasteiger charge is 2.27. The molecular weight excluding hydrogens is 276 g/mol. The molecule has 0 aliphatic heterocycles. The number of likely N-dealkylation sites (N-methyl/N-ethyl adjacent to an activating group) is 1. The molecule has 0 bridgehead atoms. The Morgan fingerprint density at radius 1 is 1.27 bits per heavy atom. The van der Waals surface area contributed by atoms with Crippen LogP contribution in [0.1, 0.15) is 43.9 Å². The number of hydrogen-bond donors (Lipinski definition) is 1. The maximum Gasteiger partial charge on any atom is 0.236 e. The lowest BCUT2D eigenvalue weighted by Gasteiger charge is -2.36. The van der Waals surface area contributed by atoms with Crippen molar-refractivity contribution in [3.05, 3.63) is 35.4 Å². The van der Waals surface area contributed by atoms with Gasteiger partial charge in [-0.05, 0) is 44.2 Å². The maximum atomic E-state index is 12.4. The van der Waals surface area contributed by atoms with Gasteiger partial charge >= 0.3 is 0 Å². The maximum absolute atomic E-state index is 12.4. The molecule has 4 heteroatoms. The van der Waals surface area contributed by atoms with Crippen molar-refractivity contribution < 1.29 is 9.90 Å². The highest BCUT2D eigenvalue weighted by atomic mass is 16.3. The van der Waals surface area contributed by atoms with Gasteiger partial charge in [0.25, 0.3) is 0 Å². The molecule has 0 aromatic heterocycles. The lowest BCUT2D eigenvalue weighted by molar-refractivity contribution is -0.132. The van der Waals surface area contributed by atoms with Crippen LogP contribution in [0, 0.1) is 0 Å². The quantitative estimate of drug-likeness (QED) is 0.840. The average molecular weight is 304 g/mol. The van der Waals surface area contributed by atoms with Crippen molar-refractivity contribution in [2.45, 2.75) is 39.2 Å². The second kappa shape index (κ2) is 8.30. The predicted octanol–water partition coefficient (Wildman–Crippen LogP) is 2.23. The number of amides is 1. The first-order chi connectivity index (χ1) is 10.7. The van der Waals surface area contributed by atoms with Crippen molar-refractivity contribution in [3.63, 3.8) is 0 Å². The van der Waals surface area contributed by atoms with Crippen LogP contribution in [-0.2, 0) is 11.2 Å². The van der Waals surface area contributed by atoms with Crippen LogP contribution < -0.4 is 0 Å². The molecule has 4 nitrogen and oxygen atoms in total. The monoisotopic (exact) mass is 304 g/mol. The number of aliphatic hydroxyl groups excluding tert-OH is 1. The van der Waals surface area contributed by atoms with E-state index in [4.69, 9.17) is 0 Å². The second-order valence-corrected chi connectivity index (χ2v) is 5.87. The summed E-state index contributed by atoms with van der Waals surface area (Å²) in [6, 6.07) is 8.76. The van der Waals surface area contributed by atoms with Gasteiger partial charge in [-0.15, -0.1) is 0 Å². The molecule has 0 heterocycles. The van der Waals surface area contributed by atoms with E-state index < -0.39 is 0 Å². The number of rotatable bonds is 7. The van der Waals surface area contributed by atoms with Gasteiger partial charge in [0.1, 0.15) is 0 Å². The molecule has 1 aliphatic carbocycles. The number of carbonyl (C=O) groups excluding carboxylic acids is 1. The zero-order valence-electron chi connectivity index (χ0n) is 13.8. The highest BCUT2D eigenvalue weighted by molar-refractivity contribution is 5.78. The molecule has 1 N–H and O–H groups in total. The predicted molar refractivity (Wildman–Crippen MR) is 88.7 cm³/mol. The Labute approximate surface area is 133 Å². The molecule has 122 valence electrons. The van der Waals surface area contributed by atoms with Gasteiger partial charge in [0, 0.05) is 25.7 Å². The Morgan fingerprint density at radius 2 is 2.00 bits per heavy atom. The van der Waals surface area contributed by atoms with Crippen LogP contribution >= 0.6 is 0 Å². The van der Waals surface area contributed by atoms with Gasteiger partial charge in [-0.2, -0.15) is 0 Å². The molecule has 0 radical (unpaired) electrons. The van der Waals surface area contributed by atoms with Crippen LogP contribution in [-0.4, -0.2) is 53.6 Å². The van der Waals surface area contributed by atoms with Crippen molar-refractivity contribution in [2.75, 3.05) is 32.8 Å². The van der Waals surface area contributed by atoms with Crippen molar-refractivity contribution in [1.82, 2.24) is 9.80 Å². The summed E-state index contributed by atoms with van der Waals surface area (Å²) < 4.78 is 0. The zero-order chi connectivity index (χ0) is 15.9. The number of fused-ring (bicyclic) bond motifs is 1. The second-order valence-electron chi connectivity index (χ2n) is 5.87. The van der Waals surface area contributed by atoms with Gasteiger partial charge in [-0.25, -0.2) is 0 Å². The molecule has 0 fully saturated rings. The fourth-order valence-corrected chi connectivity index (χ4v) is 3.43. The van der Waals surface area contributed by atoms with Crippen LogP contribution in [0.5, 0.6) is 0 Å². The van der Waals surface area contributed by atoms with E-state index in [9.17, 15) is 9.90 Å². The molecule has 2 rings (SSSR count). The number of aliphatic hydroxyl groups is 1. The SMILES string of the molecule is CCN(CC)C(=O)CN(CCO)C1CCCc2ccccc21. The van der Waals surface area contributed by atoms with Gasteiger partial charge in [-0.3, -0.25) is 9.69 Å².